The van der Waals surface area contributed by atoms with Gasteiger partial charge in [-0.25, -0.2) is 4.98 Å². The van der Waals surface area contributed by atoms with Crippen molar-refractivity contribution >= 4 is 33.9 Å². The van der Waals surface area contributed by atoms with Gasteiger partial charge in [0.05, 0.1) is 22.3 Å². The van der Waals surface area contributed by atoms with E-state index in [1.165, 1.54) is 0 Å². The molecule has 0 spiro atoms. The molecule has 7 heteroatoms. The highest BCUT2D eigenvalue weighted by molar-refractivity contribution is 5.90. The molecule has 1 heterocycles. The summed E-state index contributed by atoms with van der Waals surface area (Å²) in [5.74, 6) is 0.492. The maximum absolute atomic E-state index is 12.2. The summed E-state index contributed by atoms with van der Waals surface area (Å²) in [4.78, 5) is 31.6. The topological polar surface area (TPSA) is 99.6 Å². The number of azo groups is 1. The number of nitrogens with one attached hydrogen (secondary N) is 2. The first-order valence-electron chi connectivity index (χ1n) is 10.0. The van der Waals surface area contributed by atoms with Crippen molar-refractivity contribution < 1.29 is 4.79 Å². The number of fused-ring (bicyclic) bond motifs is 1. The summed E-state index contributed by atoms with van der Waals surface area (Å²) in [6.45, 7) is 0. The second-order valence-corrected chi connectivity index (χ2v) is 7.01. The molecule has 2 N–H and O–H groups in total. The van der Waals surface area contributed by atoms with Gasteiger partial charge in [0.15, 0.2) is 0 Å². The van der Waals surface area contributed by atoms with Gasteiger partial charge in [-0.05, 0) is 55.0 Å². The van der Waals surface area contributed by atoms with Crippen molar-refractivity contribution in [2.24, 2.45) is 10.2 Å². The molecule has 154 valence electrons. The molecule has 1 aromatic heterocycles. The van der Waals surface area contributed by atoms with Crippen LogP contribution in [0.15, 0.2) is 93.9 Å². The van der Waals surface area contributed by atoms with Crippen molar-refractivity contribution in [2.75, 3.05) is 5.32 Å². The molecule has 4 aromatic rings. The quantitative estimate of drug-likeness (QED) is 0.404. The number of para-hydroxylation sites is 1. The predicted octanol–water partition coefficient (Wildman–Crippen LogP) is 5.30. The molecule has 4 rings (SSSR count). The number of nitrogens with zero attached hydrogens (tertiary/aromatic N) is 3. The zero-order valence-corrected chi connectivity index (χ0v) is 16.8. The van der Waals surface area contributed by atoms with Gasteiger partial charge in [0, 0.05) is 18.5 Å². The fraction of sp³-hybridized carbons (Fsp3) is 0.125. The summed E-state index contributed by atoms with van der Waals surface area (Å²) >= 11 is 0. The molecule has 0 saturated heterocycles. The van der Waals surface area contributed by atoms with Crippen LogP contribution in [0.5, 0.6) is 0 Å². The number of amides is 1. The lowest BCUT2D eigenvalue weighted by Gasteiger charge is -2.06. The Hall–Kier alpha value is -4.13. The highest BCUT2D eigenvalue weighted by Gasteiger charge is 2.06. The number of anilines is 1. The Bertz CT molecular complexity index is 1260. The molecule has 0 fully saturated rings. The maximum Gasteiger partial charge on any atom is 0.258 e. The number of H-pyrrole nitrogens is 1. The lowest BCUT2D eigenvalue weighted by atomic mass is 10.2. The van der Waals surface area contributed by atoms with Crippen molar-refractivity contribution in [2.45, 2.75) is 19.3 Å². The van der Waals surface area contributed by atoms with Crippen LogP contribution in [-0.2, 0) is 11.2 Å². The molecule has 0 saturated carbocycles. The number of rotatable bonds is 7. The monoisotopic (exact) mass is 411 g/mol. The van der Waals surface area contributed by atoms with Gasteiger partial charge in [-0.15, -0.1) is 0 Å². The molecule has 0 aliphatic rings. The predicted molar refractivity (Wildman–Crippen MR) is 121 cm³/mol. The molecule has 1 amide bonds. The summed E-state index contributed by atoms with van der Waals surface area (Å²) in [6, 6.07) is 23.9. The molecular weight excluding hydrogens is 390 g/mol. The van der Waals surface area contributed by atoms with Crippen LogP contribution in [0.3, 0.4) is 0 Å². The van der Waals surface area contributed by atoms with E-state index in [0.717, 1.165) is 5.69 Å². The summed E-state index contributed by atoms with van der Waals surface area (Å²) < 4.78 is 0. The Morgan fingerprint density at radius 1 is 0.871 bits per heavy atom. The molecular formula is C24H21N5O2. The van der Waals surface area contributed by atoms with Gasteiger partial charge in [-0.1, -0.05) is 30.3 Å². The number of aryl methyl sites for hydroxylation is 1. The number of hydrogen-bond donors (Lipinski definition) is 2. The SMILES string of the molecule is O=C(CCCc1nc2ccccc2c(=O)[nH]1)Nc1ccc(N=Nc2ccccc2)cc1. The summed E-state index contributed by atoms with van der Waals surface area (Å²) in [5, 5.41) is 11.8. The number of aromatic amines is 1. The molecule has 0 radical (unpaired) electrons. The van der Waals surface area contributed by atoms with Crippen LogP contribution in [0.25, 0.3) is 10.9 Å². The van der Waals surface area contributed by atoms with E-state index in [4.69, 9.17) is 0 Å². The van der Waals surface area contributed by atoms with Crippen molar-refractivity contribution in [3.05, 3.63) is 95.0 Å². The minimum absolute atomic E-state index is 0.0956. The molecule has 31 heavy (non-hydrogen) atoms. The van der Waals surface area contributed by atoms with Crippen LogP contribution in [-0.4, -0.2) is 15.9 Å². The van der Waals surface area contributed by atoms with Crippen molar-refractivity contribution in [1.82, 2.24) is 9.97 Å². The van der Waals surface area contributed by atoms with Gasteiger partial charge in [0.2, 0.25) is 5.91 Å². The van der Waals surface area contributed by atoms with Crippen LogP contribution in [0.4, 0.5) is 17.1 Å². The maximum atomic E-state index is 12.2. The zero-order chi connectivity index (χ0) is 21.5. The fourth-order valence-corrected chi connectivity index (χ4v) is 3.11. The van der Waals surface area contributed by atoms with Gasteiger partial charge in [0.25, 0.3) is 5.56 Å². The van der Waals surface area contributed by atoms with Crippen LogP contribution < -0.4 is 10.9 Å². The summed E-state index contributed by atoms with van der Waals surface area (Å²) in [6.07, 6.45) is 1.43. The molecule has 0 aliphatic carbocycles. The second-order valence-electron chi connectivity index (χ2n) is 7.01. The standard InChI is InChI=1S/C24H21N5O2/c30-23(12-6-11-22-26-21-10-5-4-9-20(21)24(31)27-22)25-17-13-15-19(16-14-17)29-28-18-7-2-1-3-8-18/h1-5,7-10,13-16H,6,11-12H2,(H,25,30)(H,26,27,31). The molecule has 7 nitrogen and oxygen atoms in total. The van der Waals surface area contributed by atoms with Crippen LogP contribution >= 0.6 is 0 Å². The third kappa shape index (κ3) is 5.48. The van der Waals surface area contributed by atoms with Gasteiger partial charge in [-0.2, -0.15) is 10.2 Å². The number of hydrogen-bond acceptors (Lipinski definition) is 5. The van der Waals surface area contributed by atoms with E-state index in [9.17, 15) is 9.59 Å². The first-order chi connectivity index (χ1) is 15.2. The molecule has 3 aromatic carbocycles. The normalized spacial score (nSPS) is 11.1. The Labute approximate surface area is 178 Å². The fourth-order valence-electron chi connectivity index (χ4n) is 3.11. The molecule has 0 unspecified atom stereocenters. The number of benzene rings is 3. The van der Waals surface area contributed by atoms with E-state index in [0.29, 0.717) is 47.4 Å². The van der Waals surface area contributed by atoms with E-state index in [1.807, 2.05) is 48.5 Å². The first kappa shape index (κ1) is 20.2. The van der Waals surface area contributed by atoms with Gasteiger partial charge in [-0.3, -0.25) is 9.59 Å². The highest BCUT2D eigenvalue weighted by atomic mass is 16.1. The smallest absolute Gasteiger partial charge is 0.258 e. The average Bonchev–Trinajstić information content (AvgIpc) is 2.79. The molecule has 0 atom stereocenters. The van der Waals surface area contributed by atoms with Gasteiger partial charge >= 0.3 is 0 Å². The van der Waals surface area contributed by atoms with Crippen LogP contribution in [0.2, 0.25) is 0 Å². The highest BCUT2D eigenvalue weighted by Crippen LogP contribution is 2.20. The van der Waals surface area contributed by atoms with Gasteiger partial charge < -0.3 is 10.3 Å². The van der Waals surface area contributed by atoms with E-state index in [2.05, 4.69) is 25.5 Å². The van der Waals surface area contributed by atoms with Crippen LogP contribution in [0, 0.1) is 0 Å². The van der Waals surface area contributed by atoms with Crippen molar-refractivity contribution in [3.8, 4) is 0 Å². The number of aromatic nitrogens is 2. The van der Waals surface area contributed by atoms with Crippen molar-refractivity contribution in [3.63, 3.8) is 0 Å². The minimum Gasteiger partial charge on any atom is -0.326 e. The molecule has 0 aliphatic heterocycles. The lowest BCUT2D eigenvalue weighted by molar-refractivity contribution is -0.116. The first-order valence-corrected chi connectivity index (χ1v) is 10.0. The van der Waals surface area contributed by atoms with E-state index >= 15 is 0 Å². The van der Waals surface area contributed by atoms with Crippen LogP contribution in [0.1, 0.15) is 18.7 Å². The Kier molecular flexibility index (Phi) is 6.23. The average molecular weight is 411 g/mol. The molecule has 0 bridgehead atoms. The summed E-state index contributed by atoms with van der Waals surface area (Å²) in [7, 11) is 0. The number of carbonyl (C=O) groups is 1. The minimum atomic E-state index is -0.158. The third-order valence-corrected chi connectivity index (χ3v) is 4.67. The Morgan fingerprint density at radius 3 is 2.32 bits per heavy atom. The van der Waals surface area contributed by atoms with Crippen molar-refractivity contribution in [1.29, 1.82) is 0 Å². The van der Waals surface area contributed by atoms with E-state index in [-0.39, 0.29) is 11.5 Å². The van der Waals surface area contributed by atoms with E-state index < -0.39 is 0 Å². The number of carbonyl (C=O) groups excluding carboxylic acids is 1. The summed E-state index contributed by atoms with van der Waals surface area (Å²) in [5.41, 5.74) is 2.68. The second kappa shape index (κ2) is 9.58. The Morgan fingerprint density at radius 2 is 1.55 bits per heavy atom. The lowest BCUT2D eigenvalue weighted by Crippen LogP contribution is -2.14. The van der Waals surface area contributed by atoms with Gasteiger partial charge in [0.1, 0.15) is 5.82 Å². The van der Waals surface area contributed by atoms with E-state index in [1.54, 1.807) is 30.3 Å². The zero-order valence-electron chi connectivity index (χ0n) is 16.8. The third-order valence-electron chi connectivity index (χ3n) is 4.67. The Balaban J connectivity index is 1.28. The largest absolute Gasteiger partial charge is 0.326 e.